The van der Waals surface area contributed by atoms with Gasteiger partial charge in [0, 0.05) is 24.3 Å². The van der Waals surface area contributed by atoms with Gasteiger partial charge in [-0.25, -0.2) is 0 Å². The van der Waals surface area contributed by atoms with E-state index in [0.717, 1.165) is 0 Å². The lowest BCUT2D eigenvalue weighted by molar-refractivity contribution is -0.384. The molecule has 0 aliphatic heterocycles. The van der Waals surface area contributed by atoms with Crippen LogP contribution in [0.1, 0.15) is 19.4 Å². The maximum Gasteiger partial charge on any atom is 0.270 e. The van der Waals surface area contributed by atoms with Gasteiger partial charge in [0.2, 0.25) is 5.91 Å². The van der Waals surface area contributed by atoms with E-state index >= 15 is 0 Å². The fourth-order valence-electron chi connectivity index (χ4n) is 1.25. The Morgan fingerprint density at radius 1 is 1.47 bits per heavy atom. The van der Waals surface area contributed by atoms with Crippen molar-refractivity contribution in [3.63, 3.8) is 0 Å². The van der Waals surface area contributed by atoms with Crippen LogP contribution in [0, 0.1) is 10.1 Å². The number of non-ortho nitro benzene ring substituents is 1. The number of hydrogen-bond acceptors (Lipinski definition) is 3. The highest BCUT2D eigenvalue weighted by molar-refractivity contribution is 5.91. The zero-order valence-electron chi connectivity index (χ0n) is 9.71. The summed E-state index contributed by atoms with van der Waals surface area (Å²) in [5.74, 6) is -0.216. The van der Waals surface area contributed by atoms with Gasteiger partial charge in [0.1, 0.15) is 0 Å². The van der Waals surface area contributed by atoms with Gasteiger partial charge in [0.25, 0.3) is 5.69 Å². The van der Waals surface area contributed by atoms with Crippen LogP contribution in [0.5, 0.6) is 0 Å². The lowest BCUT2D eigenvalue weighted by Gasteiger charge is -2.03. The van der Waals surface area contributed by atoms with E-state index in [1.807, 2.05) is 13.8 Å². The smallest absolute Gasteiger partial charge is 0.270 e. The maximum atomic E-state index is 11.3. The highest BCUT2D eigenvalue weighted by atomic mass is 16.6. The van der Waals surface area contributed by atoms with Crippen molar-refractivity contribution in [3.8, 4) is 0 Å². The Morgan fingerprint density at radius 3 is 2.76 bits per heavy atom. The number of carbonyl (C=O) groups is 1. The summed E-state index contributed by atoms with van der Waals surface area (Å²) >= 11 is 0. The van der Waals surface area contributed by atoms with Crippen LogP contribution in [-0.4, -0.2) is 16.9 Å². The third-order valence-corrected chi connectivity index (χ3v) is 1.94. The largest absolute Gasteiger partial charge is 0.350 e. The second-order valence-electron chi connectivity index (χ2n) is 3.85. The number of nitrogens with one attached hydrogen (secondary N) is 1. The van der Waals surface area contributed by atoms with Gasteiger partial charge < -0.3 is 5.32 Å². The normalized spacial score (nSPS) is 10.8. The number of nitrogens with zero attached hydrogens (tertiary/aromatic N) is 1. The molecule has 5 nitrogen and oxygen atoms in total. The highest BCUT2D eigenvalue weighted by Gasteiger charge is 2.04. The molecule has 0 fully saturated rings. The van der Waals surface area contributed by atoms with Crippen LogP contribution in [0.3, 0.4) is 0 Å². The summed E-state index contributed by atoms with van der Waals surface area (Å²) in [4.78, 5) is 21.4. The van der Waals surface area contributed by atoms with Crippen molar-refractivity contribution in [3.05, 3.63) is 46.0 Å². The summed E-state index contributed by atoms with van der Waals surface area (Å²) in [6.45, 7) is 3.72. The number of hydrogen-bond donors (Lipinski definition) is 1. The van der Waals surface area contributed by atoms with Crippen molar-refractivity contribution in [2.24, 2.45) is 0 Å². The zero-order chi connectivity index (χ0) is 12.8. The van der Waals surface area contributed by atoms with Crippen LogP contribution < -0.4 is 5.32 Å². The van der Waals surface area contributed by atoms with E-state index < -0.39 is 4.92 Å². The van der Waals surface area contributed by atoms with E-state index in [4.69, 9.17) is 0 Å². The molecule has 0 radical (unpaired) electrons. The minimum atomic E-state index is -0.467. The zero-order valence-corrected chi connectivity index (χ0v) is 9.71. The molecule has 0 saturated carbocycles. The topological polar surface area (TPSA) is 72.2 Å². The van der Waals surface area contributed by atoms with Crippen LogP contribution >= 0.6 is 0 Å². The molecule has 5 heteroatoms. The first-order valence-corrected chi connectivity index (χ1v) is 5.22. The molecule has 0 bridgehead atoms. The summed E-state index contributed by atoms with van der Waals surface area (Å²) in [7, 11) is 0. The van der Waals surface area contributed by atoms with E-state index in [1.54, 1.807) is 18.2 Å². The van der Waals surface area contributed by atoms with E-state index in [0.29, 0.717) is 5.56 Å². The van der Waals surface area contributed by atoms with Gasteiger partial charge >= 0.3 is 0 Å². The SMILES string of the molecule is CC(C)NC(=O)/C=C/c1cccc([N+](=O)[O-])c1. The van der Waals surface area contributed by atoms with Crippen LogP contribution in [-0.2, 0) is 4.79 Å². The van der Waals surface area contributed by atoms with Crippen molar-refractivity contribution in [1.82, 2.24) is 5.32 Å². The third kappa shape index (κ3) is 4.46. The van der Waals surface area contributed by atoms with E-state index in [-0.39, 0.29) is 17.6 Å². The summed E-state index contributed by atoms with van der Waals surface area (Å²) in [5, 5.41) is 13.2. The molecule has 0 atom stereocenters. The maximum absolute atomic E-state index is 11.3. The predicted molar refractivity (Wildman–Crippen MR) is 65.4 cm³/mol. The van der Waals surface area contributed by atoms with Crippen LogP contribution in [0.4, 0.5) is 5.69 Å². The molecule has 1 aromatic carbocycles. The molecule has 0 unspecified atom stereocenters. The van der Waals surface area contributed by atoms with Crippen molar-refractivity contribution < 1.29 is 9.72 Å². The van der Waals surface area contributed by atoms with Gasteiger partial charge in [0.15, 0.2) is 0 Å². The molecule has 1 N–H and O–H groups in total. The molecule has 17 heavy (non-hydrogen) atoms. The minimum Gasteiger partial charge on any atom is -0.350 e. The van der Waals surface area contributed by atoms with Crippen molar-refractivity contribution >= 4 is 17.7 Å². The van der Waals surface area contributed by atoms with Gasteiger partial charge in [0.05, 0.1) is 4.92 Å². The van der Waals surface area contributed by atoms with Gasteiger partial charge in [-0.3, -0.25) is 14.9 Å². The lowest BCUT2D eigenvalue weighted by Crippen LogP contribution is -2.28. The molecular weight excluding hydrogens is 220 g/mol. The Labute approximate surface area is 99.3 Å². The molecule has 0 heterocycles. The van der Waals surface area contributed by atoms with Crippen LogP contribution in [0.25, 0.3) is 6.08 Å². The number of amides is 1. The lowest BCUT2D eigenvalue weighted by atomic mass is 10.2. The molecular formula is C12H14N2O3. The van der Waals surface area contributed by atoms with Crippen molar-refractivity contribution in [2.75, 3.05) is 0 Å². The second-order valence-corrected chi connectivity index (χ2v) is 3.85. The van der Waals surface area contributed by atoms with Crippen LogP contribution in [0.2, 0.25) is 0 Å². The Balaban J connectivity index is 2.74. The number of rotatable bonds is 4. The van der Waals surface area contributed by atoms with E-state index in [9.17, 15) is 14.9 Å². The number of nitro benzene ring substituents is 1. The highest BCUT2D eigenvalue weighted by Crippen LogP contribution is 2.13. The molecule has 0 aliphatic rings. The first-order valence-electron chi connectivity index (χ1n) is 5.22. The summed E-state index contributed by atoms with van der Waals surface area (Å²) < 4.78 is 0. The molecule has 1 aromatic rings. The van der Waals surface area contributed by atoms with Gasteiger partial charge in [-0.15, -0.1) is 0 Å². The van der Waals surface area contributed by atoms with E-state index in [2.05, 4.69) is 5.32 Å². The Kier molecular flexibility index (Phi) is 4.39. The molecule has 1 rings (SSSR count). The molecule has 0 aliphatic carbocycles. The number of carbonyl (C=O) groups excluding carboxylic acids is 1. The molecule has 0 spiro atoms. The first-order chi connectivity index (χ1) is 7.99. The van der Waals surface area contributed by atoms with Crippen molar-refractivity contribution in [1.29, 1.82) is 0 Å². The first kappa shape index (κ1) is 12.9. The average Bonchev–Trinajstić information content (AvgIpc) is 2.26. The molecule has 90 valence electrons. The average molecular weight is 234 g/mol. The standard InChI is InChI=1S/C12H14N2O3/c1-9(2)13-12(15)7-6-10-4-3-5-11(8-10)14(16)17/h3-9H,1-2H3,(H,13,15)/b7-6+. The molecule has 0 saturated heterocycles. The minimum absolute atomic E-state index is 0.0106. The van der Waals surface area contributed by atoms with Crippen LogP contribution in [0.15, 0.2) is 30.3 Å². The van der Waals surface area contributed by atoms with Gasteiger partial charge in [-0.05, 0) is 25.5 Å². The Morgan fingerprint density at radius 2 is 2.18 bits per heavy atom. The monoisotopic (exact) mass is 234 g/mol. The Hall–Kier alpha value is -2.17. The van der Waals surface area contributed by atoms with E-state index in [1.165, 1.54) is 18.2 Å². The number of benzene rings is 1. The quantitative estimate of drug-likeness (QED) is 0.492. The van der Waals surface area contributed by atoms with Crippen molar-refractivity contribution in [2.45, 2.75) is 19.9 Å². The fraction of sp³-hybridized carbons (Fsp3) is 0.250. The summed E-state index contributed by atoms with van der Waals surface area (Å²) in [5.41, 5.74) is 0.634. The predicted octanol–water partition coefficient (Wildman–Crippen LogP) is 2.13. The van der Waals surface area contributed by atoms with Gasteiger partial charge in [-0.2, -0.15) is 0 Å². The number of nitro groups is 1. The molecule has 0 aromatic heterocycles. The summed E-state index contributed by atoms with van der Waals surface area (Å²) in [6.07, 6.45) is 2.91. The fourth-order valence-corrected chi connectivity index (χ4v) is 1.25. The third-order valence-electron chi connectivity index (χ3n) is 1.94. The Bertz CT molecular complexity index is 453. The van der Waals surface area contributed by atoms with Gasteiger partial charge in [-0.1, -0.05) is 12.1 Å². The second kappa shape index (κ2) is 5.79. The molecule has 1 amide bonds. The summed E-state index contributed by atoms with van der Waals surface area (Å²) in [6, 6.07) is 6.17.